The van der Waals surface area contributed by atoms with Gasteiger partial charge in [-0.2, -0.15) is 0 Å². The van der Waals surface area contributed by atoms with E-state index in [1.165, 1.54) is 44.9 Å². The summed E-state index contributed by atoms with van der Waals surface area (Å²) in [5.41, 5.74) is 9.71. The summed E-state index contributed by atoms with van der Waals surface area (Å²) in [4.78, 5) is 27.1. The first-order valence-corrected chi connectivity index (χ1v) is 20.1. The van der Waals surface area contributed by atoms with Gasteiger partial charge in [0.05, 0.1) is 11.5 Å². The first-order valence-electron chi connectivity index (χ1n) is 20.1. The Hall–Kier alpha value is -3.12. The van der Waals surface area contributed by atoms with Crippen molar-refractivity contribution in [1.29, 1.82) is 0 Å². The molecule has 2 aromatic carbocycles. The molecule has 5 N–H and O–H groups in total. The van der Waals surface area contributed by atoms with E-state index in [2.05, 4.69) is 44.9 Å². The standard InChI is InChI=1S/C42H59N3O3.C3H6/c1-39(2)34-17-21-40(3)31-16-23-42(20-8-12-32(42)30(31)14-15-35(40)41(34,4)22-18-36(39)46)38(48)44-24-19-27-9-7-11-28(25-27)37(47)45-26-29-10-5-6-13-33(29)43;1-3-2/h5-7,9-11,13,25,30-32,34-36,46H,8,12,14-24,26,43H2,1-4H3,(H,44,48)(H,45,47);3H,1H2,2H3. The Bertz CT molecular complexity index is 1590. The molecule has 7 rings (SSSR count). The molecule has 0 spiro atoms. The van der Waals surface area contributed by atoms with Crippen LogP contribution in [-0.2, 0) is 17.8 Å². The van der Waals surface area contributed by atoms with Crippen LogP contribution in [0.4, 0.5) is 5.69 Å². The summed E-state index contributed by atoms with van der Waals surface area (Å²) in [6.07, 6.45) is 15.0. The highest BCUT2D eigenvalue weighted by Gasteiger charge is 2.67. The zero-order chi connectivity index (χ0) is 36.6. The van der Waals surface area contributed by atoms with Crippen molar-refractivity contribution in [2.75, 3.05) is 12.3 Å². The summed E-state index contributed by atoms with van der Waals surface area (Å²) in [6, 6.07) is 15.3. The number of anilines is 1. The molecule has 5 saturated carbocycles. The van der Waals surface area contributed by atoms with E-state index >= 15 is 0 Å². The summed E-state index contributed by atoms with van der Waals surface area (Å²) < 4.78 is 0. The maximum absolute atomic E-state index is 14.2. The Kier molecular flexibility index (Phi) is 10.9. The molecule has 0 aliphatic heterocycles. The third-order valence-corrected chi connectivity index (χ3v) is 15.3. The maximum atomic E-state index is 14.2. The molecule has 5 aliphatic rings. The fourth-order valence-corrected chi connectivity index (χ4v) is 12.9. The van der Waals surface area contributed by atoms with Gasteiger partial charge in [-0.3, -0.25) is 9.59 Å². The lowest BCUT2D eigenvalue weighted by Crippen LogP contribution is -2.63. The first kappa shape index (κ1) is 37.6. The molecule has 0 radical (unpaired) electrons. The van der Waals surface area contributed by atoms with E-state index in [1.807, 2.05) is 55.5 Å². The van der Waals surface area contributed by atoms with Crippen molar-refractivity contribution in [2.45, 2.75) is 124 Å². The molecule has 2 amide bonds. The number of rotatable bonds is 7. The third kappa shape index (κ3) is 6.68. The zero-order valence-electron chi connectivity index (χ0n) is 32.1. The number of nitrogen functional groups attached to an aromatic ring is 1. The first-order chi connectivity index (χ1) is 24.3. The highest BCUT2D eigenvalue weighted by atomic mass is 16.3. The number of carbonyl (C=O) groups is 2. The molecule has 5 aliphatic carbocycles. The van der Waals surface area contributed by atoms with Gasteiger partial charge >= 0.3 is 0 Å². The van der Waals surface area contributed by atoms with Crippen LogP contribution in [-0.4, -0.2) is 29.6 Å². The van der Waals surface area contributed by atoms with E-state index in [0.717, 1.165) is 36.8 Å². The van der Waals surface area contributed by atoms with Gasteiger partial charge in [-0.05, 0) is 153 Å². The van der Waals surface area contributed by atoms with Crippen molar-refractivity contribution in [2.24, 2.45) is 51.2 Å². The van der Waals surface area contributed by atoms with Gasteiger partial charge in [0, 0.05) is 24.3 Å². The van der Waals surface area contributed by atoms with Crippen LogP contribution in [0.15, 0.2) is 61.2 Å². The molecule has 0 heterocycles. The molecule has 9 atom stereocenters. The summed E-state index contributed by atoms with van der Waals surface area (Å²) in [6.45, 7) is 16.1. The summed E-state index contributed by atoms with van der Waals surface area (Å²) in [5, 5.41) is 17.4. The Morgan fingerprint density at radius 2 is 1.61 bits per heavy atom. The summed E-state index contributed by atoms with van der Waals surface area (Å²) in [5.74, 6) is 3.32. The number of aliphatic hydroxyl groups is 1. The van der Waals surface area contributed by atoms with Gasteiger partial charge in [0.2, 0.25) is 5.91 Å². The minimum absolute atomic E-state index is 0.0123. The van der Waals surface area contributed by atoms with E-state index < -0.39 is 0 Å². The lowest BCUT2D eigenvalue weighted by molar-refractivity contribution is -0.214. The molecule has 2 aromatic rings. The molecule has 0 saturated heterocycles. The van der Waals surface area contributed by atoms with Crippen LogP contribution in [0.2, 0.25) is 0 Å². The Balaban J connectivity index is 0.00000144. The van der Waals surface area contributed by atoms with E-state index in [-0.39, 0.29) is 28.7 Å². The van der Waals surface area contributed by atoms with E-state index in [4.69, 9.17) is 5.73 Å². The van der Waals surface area contributed by atoms with Crippen molar-refractivity contribution in [3.8, 4) is 0 Å². The third-order valence-electron chi connectivity index (χ3n) is 15.3. The van der Waals surface area contributed by atoms with Gasteiger partial charge in [0.15, 0.2) is 0 Å². The van der Waals surface area contributed by atoms with Crippen LogP contribution in [0.5, 0.6) is 0 Å². The van der Waals surface area contributed by atoms with Gasteiger partial charge in [0.25, 0.3) is 5.91 Å². The Morgan fingerprint density at radius 1 is 0.863 bits per heavy atom. The predicted octanol–water partition coefficient (Wildman–Crippen LogP) is 8.88. The molecule has 0 aromatic heterocycles. The largest absolute Gasteiger partial charge is 0.398 e. The topological polar surface area (TPSA) is 104 Å². The van der Waals surface area contributed by atoms with Crippen molar-refractivity contribution in [3.63, 3.8) is 0 Å². The van der Waals surface area contributed by atoms with Crippen molar-refractivity contribution >= 4 is 17.5 Å². The van der Waals surface area contributed by atoms with Crippen LogP contribution in [0.25, 0.3) is 0 Å². The van der Waals surface area contributed by atoms with Crippen molar-refractivity contribution < 1.29 is 14.7 Å². The van der Waals surface area contributed by atoms with E-state index in [1.54, 1.807) is 6.08 Å². The average Bonchev–Trinajstić information content (AvgIpc) is 3.56. The molecule has 278 valence electrons. The molecular formula is C45H65N3O3. The molecule has 5 fully saturated rings. The number of fused-ring (bicyclic) bond motifs is 7. The van der Waals surface area contributed by atoms with Gasteiger partial charge in [-0.1, -0.05) is 70.5 Å². The lowest BCUT2D eigenvalue weighted by Gasteiger charge is -2.69. The summed E-state index contributed by atoms with van der Waals surface area (Å²) >= 11 is 0. The molecule has 6 heteroatoms. The number of nitrogens with one attached hydrogen (secondary N) is 2. The molecule has 0 bridgehead atoms. The quantitative estimate of drug-likeness (QED) is 0.172. The second-order valence-electron chi connectivity index (χ2n) is 18.1. The van der Waals surface area contributed by atoms with E-state index in [9.17, 15) is 14.7 Å². The number of aliphatic hydroxyl groups excluding tert-OH is 1. The maximum Gasteiger partial charge on any atom is 0.251 e. The van der Waals surface area contributed by atoms with Crippen LogP contribution < -0.4 is 16.4 Å². The second kappa shape index (κ2) is 14.7. The number of hydrogen-bond acceptors (Lipinski definition) is 4. The molecule has 51 heavy (non-hydrogen) atoms. The smallest absolute Gasteiger partial charge is 0.251 e. The molecule has 9 unspecified atom stereocenters. The molecular weight excluding hydrogens is 631 g/mol. The number of amides is 2. The average molecular weight is 696 g/mol. The van der Waals surface area contributed by atoms with Gasteiger partial charge in [-0.25, -0.2) is 0 Å². The SMILES string of the molecule is C=CC.CC1(C)C(O)CCC2(C)C1CCC1(C)C3CCC4(C(=O)NCCc5cccc(C(=O)NCc6ccccc6N)c5)CCCC4C3CCC12. The number of nitrogens with two attached hydrogens (primary N) is 1. The lowest BCUT2D eigenvalue weighted by atomic mass is 9.36. The minimum atomic E-state index is -0.219. The highest BCUT2D eigenvalue weighted by Crippen LogP contribution is 2.73. The van der Waals surface area contributed by atoms with Gasteiger partial charge in [-0.15, -0.1) is 6.58 Å². The fourth-order valence-electron chi connectivity index (χ4n) is 12.9. The minimum Gasteiger partial charge on any atom is -0.398 e. The number of allylic oxidation sites excluding steroid dienone is 1. The number of hydrogen-bond donors (Lipinski definition) is 4. The van der Waals surface area contributed by atoms with Crippen LogP contribution in [0.1, 0.15) is 127 Å². The Morgan fingerprint density at radius 3 is 2.37 bits per heavy atom. The van der Waals surface area contributed by atoms with Crippen molar-refractivity contribution in [1.82, 2.24) is 10.6 Å². The second-order valence-corrected chi connectivity index (χ2v) is 18.1. The van der Waals surface area contributed by atoms with Crippen molar-refractivity contribution in [3.05, 3.63) is 77.9 Å². The van der Waals surface area contributed by atoms with Crippen LogP contribution in [0.3, 0.4) is 0 Å². The monoisotopic (exact) mass is 696 g/mol. The normalized spacial score (nSPS) is 36.1. The fraction of sp³-hybridized carbons (Fsp3) is 0.644. The highest BCUT2D eigenvalue weighted by molar-refractivity contribution is 5.94. The van der Waals surface area contributed by atoms with Gasteiger partial charge < -0.3 is 21.5 Å². The van der Waals surface area contributed by atoms with Gasteiger partial charge in [0.1, 0.15) is 0 Å². The van der Waals surface area contributed by atoms with Crippen LogP contribution in [0, 0.1) is 51.2 Å². The summed E-state index contributed by atoms with van der Waals surface area (Å²) in [7, 11) is 0. The van der Waals surface area contributed by atoms with Crippen LogP contribution >= 0.6 is 0 Å². The molecule has 6 nitrogen and oxygen atoms in total. The number of para-hydroxylation sites is 1. The number of carbonyl (C=O) groups excluding carboxylic acids is 2. The Labute approximate surface area is 307 Å². The predicted molar refractivity (Wildman–Crippen MR) is 208 cm³/mol. The zero-order valence-corrected chi connectivity index (χ0v) is 32.1. The number of benzene rings is 2. The van der Waals surface area contributed by atoms with E-state index in [0.29, 0.717) is 71.2 Å².